The number of carboxylic acids is 1. The molecule has 0 bridgehead atoms. The molecule has 9 atom stereocenters. The smallest absolute Gasteiger partial charge is 0.326 e. The van der Waals surface area contributed by atoms with Crippen LogP contribution in [0.3, 0.4) is 0 Å². The molecule has 0 spiro atoms. The van der Waals surface area contributed by atoms with Crippen LogP contribution in [0.2, 0.25) is 0 Å². The normalized spacial score (nSPS) is 15.2. The van der Waals surface area contributed by atoms with Gasteiger partial charge in [0.25, 0.3) is 0 Å². The number of aliphatic carboxylic acids is 1. The highest BCUT2D eigenvalue weighted by Gasteiger charge is 2.35. The number of carbonyl (C=O) groups is 8. The summed E-state index contributed by atoms with van der Waals surface area (Å²) in [6, 6.07) is -10.8. The van der Waals surface area contributed by atoms with Gasteiger partial charge in [-0.2, -0.15) is 0 Å². The van der Waals surface area contributed by atoms with E-state index in [1.807, 2.05) is 0 Å². The Morgan fingerprint density at radius 3 is 1.59 bits per heavy atom. The number of aromatic nitrogens is 2. The molecule has 1 rings (SSSR count). The number of carboxylic acid groups (broad SMARTS) is 1. The number of amides is 7. The molecule has 0 aliphatic heterocycles. The molecule has 0 aliphatic rings. The lowest BCUT2D eigenvalue weighted by atomic mass is 10.0. The van der Waals surface area contributed by atoms with Crippen molar-refractivity contribution in [1.82, 2.24) is 41.9 Å². The second-order valence-corrected chi connectivity index (χ2v) is 14.8. The first kappa shape index (κ1) is 55.4. The van der Waals surface area contributed by atoms with E-state index in [2.05, 4.69) is 51.9 Å². The Kier molecular flexibility index (Phi) is 25.0. The zero-order valence-corrected chi connectivity index (χ0v) is 35.8. The zero-order chi connectivity index (χ0) is 48.5. The lowest BCUT2D eigenvalue weighted by Gasteiger charge is -2.28. The number of hydrogen-bond acceptors (Lipinski definition) is 15. The standard InChI is InChI=1S/C36H65N17O11/c1-17(54)26(39)32(61)52-23(13-19-15-44-16-47-19)30(59)51-24(14-25(38)56)31(60)48-21(8-5-11-45-35(40)41)29(58)53-27(18(2)55)33(62)49-20(7-3-4-10-37)28(57)50-22(34(63)64)9-6-12-46-36(42)43/h15-18,20-24,26-27,54-55H,3-14,37,39H2,1-2H3,(H2,38,56)(H,44,47)(H,48,60)(H,49,62)(H,50,57)(H,51,59)(H,52,61)(H,53,58)(H,63,64)(H4,40,41,45)(H4,42,43,46)/t17-,18-,20+,21+,22+,23+,24+,26+,27+/m1/s1. The fourth-order valence-corrected chi connectivity index (χ4v) is 5.76. The highest BCUT2D eigenvalue weighted by atomic mass is 16.4. The highest BCUT2D eigenvalue weighted by molar-refractivity contribution is 5.98. The quantitative estimate of drug-likeness (QED) is 0.0187. The van der Waals surface area contributed by atoms with E-state index in [0.717, 1.165) is 6.92 Å². The number of nitrogens with one attached hydrogen (secondary N) is 7. The average Bonchev–Trinajstić information content (AvgIpc) is 3.73. The van der Waals surface area contributed by atoms with E-state index in [1.54, 1.807) is 0 Å². The monoisotopic (exact) mass is 912 g/mol. The first-order chi connectivity index (χ1) is 30.1. The van der Waals surface area contributed by atoms with Crippen molar-refractivity contribution in [3.8, 4) is 0 Å². The molecule has 0 aliphatic carbocycles. The molecule has 1 heterocycles. The summed E-state index contributed by atoms with van der Waals surface area (Å²) in [5.74, 6) is -8.99. The third-order valence-corrected chi connectivity index (χ3v) is 9.25. The first-order valence-corrected chi connectivity index (χ1v) is 20.3. The molecular formula is C36H65N17O11. The van der Waals surface area contributed by atoms with Gasteiger partial charge in [0.05, 0.1) is 25.0 Å². The average molecular weight is 912 g/mol. The number of carbonyl (C=O) groups excluding carboxylic acids is 7. The molecule has 1 aromatic heterocycles. The largest absolute Gasteiger partial charge is 0.480 e. The van der Waals surface area contributed by atoms with Crippen LogP contribution in [0.1, 0.15) is 70.9 Å². The summed E-state index contributed by atoms with van der Waals surface area (Å²) in [4.78, 5) is 119. The minimum Gasteiger partial charge on any atom is -0.480 e. The minimum atomic E-state index is -1.77. The topological polar surface area (TPSA) is 505 Å². The third kappa shape index (κ3) is 21.4. The van der Waals surface area contributed by atoms with Gasteiger partial charge in [0, 0.05) is 31.4 Å². The zero-order valence-electron chi connectivity index (χ0n) is 35.8. The van der Waals surface area contributed by atoms with Crippen LogP contribution in [0.5, 0.6) is 0 Å². The molecule has 7 amide bonds. The van der Waals surface area contributed by atoms with Crippen molar-refractivity contribution in [2.45, 2.75) is 126 Å². The maximum Gasteiger partial charge on any atom is 0.326 e. The van der Waals surface area contributed by atoms with Gasteiger partial charge < -0.3 is 92.3 Å². The van der Waals surface area contributed by atoms with E-state index in [4.69, 9.17) is 40.1 Å². The molecule has 0 saturated heterocycles. The van der Waals surface area contributed by atoms with Crippen molar-refractivity contribution in [2.24, 2.45) is 50.1 Å². The van der Waals surface area contributed by atoms with Crippen molar-refractivity contribution < 1.29 is 53.7 Å². The number of nitrogens with two attached hydrogens (primary N) is 7. The molecule has 28 heteroatoms. The van der Waals surface area contributed by atoms with Crippen LogP contribution in [0.15, 0.2) is 22.5 Å². The number of imidazole rings is 1. The number of aliphatic imine (C=N–C) groups is 2. The summed E-state index contributed by atoms with van der Waals surface area (Å²) < 4.78 is 0. The highest BCUT2D eigenvalue weighted by Crippen LogP contribution is 2.09. The van der Waals surface area contributed by atoms with Crippen LogP contribution >= 0.6 is 0 Å². The van der Waals surface area contributed by atoms with Crippen molar-refractivity contribution in [3.63, 3.8) is 0 Å². The van der Waals surface area contributed by atoms with Crippen molar-refractivity contribution in [2.75, 3.05) is 19.6 Å². The molecule has 0 unspecified atom stereocenters. The summed E-state index contributed by atoms with van der Waals surface area (Å²) in [6.45, 7) is 2.68. The van der Waals surface area contributed by atoms with Gasteiger partial charge in [-0.3, -0.25) is 43.5 Å². The van der Waals surface area contributed by atoms with E-state index in [0.29, 0.717) is 18.5 Å². The molecule has 28 nitrogen and oxygen atoms in total. The summed E-state index contributed by atoms with van der Waals surface area (Å²) in [7, 11) is 0. The summed E-state index contributed by atoms with van der Waals surface area (Å²) >= 11 is 0. The molecule has 24 N–H and O–H groups in total. The Balaban J connectivity index is 3.41. The Hall–Kier alpha value is -6.65. The van der Waals surface area contributed by atoms with Crippen LogP contribution in [0, 0.1) is 0 Å². The Bertz CT molecular complexity index is 1750. The first-order valence-electron chi connectivity index (χ1n) is 20.3. The van der Waals surface area contributed by atoms with Gasteiger partial charge in [-0.15, -0.1) is 0 Å². The van der Waals surface area contributed by atoms with Crippen LogP contribution in [0.25, 0.3) is 0 Å². The molecule has 0 fully saturated rings. The van der Waals surface area contributed by atoms with Crippen LogP contribution in [-0.4, -0.2) is 159 Å². The lowest BCUT2D eigenvalue weighted by Crippen LogP contribution is -2.62. The number of rotatable bonds is 31. The maximum atomic E-state index is 13.9. The predicted molar refractivity (Wildman–Crippen MR) is 229 cm³/mol. The summed E-state index contributed by atoms with van der Waals surface area (Å²) in [5.41, 5.74) is 38.6. The molecular weight excluding hydrogens is 847 g/mol. The molecule has 0 aromatic carbocycles. The number of unbranched alkanes of at least 4 members (excludes halogenated alkanes) is 1. The maximum absolute atomic E-state index is 13.9. The molecule has 360 valence electrons. The van der Waals surface area contributed by atoms with E-state index in [1.165, 1.54) is 19.4 Å². The van der Waals surface area contributed by atoms with Crippen molar-refractivity contribution in [3.05, 3.63) is 18.2 Å². The predicted octanol–water partition coefficient (Wildman–Crippen LogP) is -7.85. The number of primary amides is 1. The Morgan fingerprint density at radius 1 is 0.641 bits per heavy atom. The van der Waals surface area contributed by atoms with Gasteiger partial charge >= 0.3 is 5.97 Å². The van der Waals surface area contributed by atoms with E-state index < -0.39 is 108 Å². The Labute approximate surface area is 368 Å². The van der Waals surface area contributed by atoms with Gasteiger partial charge in [-0.1, -0.05) is 0 Å². The van der Waals surface area contributed by atoms with Gasteiger partial charge in [-0.05, 0) is 65.3 Å². The van der Waals surface area contributed by atoms with Crippen LogP contribution in [-0.2, 0) is 44.8 Å². The number of nitrogens with zero attached hydrogens (tertiary/aromatic N) is 3. The van der Waals surface area contributed by atoms with Gasteiger partial charge in [-0.25, -0.2) is 9.78 Å². The fourth-order valence-electron chi connectivity index (χ4n) is 5.76. The number of aliphatic hydroxyl groups excluding tert-OH is 2. The second-order valence-electron chi connectivity index (χ2n) is 14.8. The van der Waals surface area contributed by atoms with Crippen molar-refractivity contribution in [1.29, 1.82) is 0 Å². The van der Waals surface area contributed by atoms with Gasteiger partial charge in [0.15, 0.2) is 11.9 Å². The summed E-state index contributed by atoms with van der Waals surface area (Å²) in [6.07, 6.45) is -0.664. The number of hydrogen-bond donors (Lipinski definition) is 17. The lowest BCUT2D eigenvalue weighted by molar-refractivity contribution is -0.142. The Morgan fingerprint density at radius 2 is 1.11 bits per heavy atom. The third-order valence-electron chi connectivity index (χ3n) is 9.25. The molecule has 64 heavy (non-hydrogen) atoms. The minimum absolute atomic E-state index is 0.0220. The molecule has 0 radical (unpaired) electrons. The van der Waals surface area contributed by atoms with E-state index >= 15 is 0 Å². The number of H-pyrrole nitrogens is 1. The SMILES string of the molecule is C[C@@H](O)[C@H](N)C(=O)N[C@@H](Cc1cnc[nH]1)C(=O)N[C@@H](CC(N)=O)C(=O)N[C@@H](CCCN=C(N)N)C(=O)N[C@H](C(=O)N[C@@H](CCCCN)C(=O)N[C@@H](CCCN=C(N)N)C(=O)O)[C@@H](C)O. The number of aromatic amines is 1. The number of guanidine groups is 2. The molecule has 0 saturated carbocycles. The van der Waals surface area contributed by atoms with Gasteiger partial charge in [0.2, 0.25) is 41.4 Å². The van der Waals surface area contributed by atoms with Gasteiger partial charge in [0.1, 0.15) is 42.3 Å². The van der Waals surface area contributed by atoms with E-state index in [-0.39, 0.29) is 70.1 Å². The molecule has 1 aromatic rings. The summed E-state index contributed by atoms with van der Waals surface area (Å²) in [5, 5.41) is 44.5. The van der Waals surface area contributed by atoms with E-state index in [9.17, 15) is 53.7 Å². The second kappa shape index (κ2) is 28.9. The van der Waals surface area contributed by atoms with Crippen LogP contribution in [0.4, 0.5) is 0 Å². The number of aliphatic hydroxyl groups is 2. The van der Waals surface area contributed by atoms with Crippen molar-refractivity contribution >= 4 is 59.2 Å². The fraction of sp³-hybridized carbons (Fsp3) is 0.639. The van der Waals surface area contributed by atoms with Crippen LogP contribution < -0.4 is 72.0 Å².